The molecule has 0 heterocycles. The van der Waals surface area contributed by atoms with Gasteiger partial charge in [-0.15, -0.1) is 0 Å². The van der Waals surface area contributed by atoms with Gasteiger partial charge in [0.15, 0.2) is 0 Å². The van der Waals surface area contributed by atoms with Crippen LogP contribution in [0.15, 0.2) is 24.3 Å². The second-order valence-electron chi connectivity index (χ2n) is 5.01. The summed E-state index contributed by atoms with van der Waals surface area (Å²) in [5.41, 5.74) is 7.39. The quantitative estimate of drug-likeness (QED) is 0.768. The zero-order valence-electron chi connectivity index (χ0n) is 10.8. The first-order valence-electron chi connectivity index (χ1n) is 6.55. The molecular formula is C14H21N3O. The molecule has 1 aromatic carbocycles. The summed E-state index contributed by atoms with van der Waals surface area (Å²) in [4.78, 5) is 11.8. The number of benzene rings is 1. The Morgan fingerprint density at radius 3 is 2.61 bits per heavy atom. The molecule has 2 atom stereocenters. The van der Waals surface area contributed by atoms with Crippen molar-refractivity contribution in [2.45, 2.75) is 38.8 Å². The van der Waals surface area contributed by atoms with Crippen LogP contribution in [0.4, 0.5) is 10.5 Å². The number of nitrogens with two attached hydrogens (primary N) is 1. The van der Waals surface area contributed by atoms with Crippen molar-refractivity contribution in [3.05, 3.63) is 29.8 Å². The van der Waals surface area contributed by atoms with Gasteiger partial charge in [-0.1, -0.05) is 25.5 Å². The van der Waals surface area contributed by atoms with Gasteiger partial charge in [0.25, 0.3) is 0 Å². The second kappa shape index (κ2) is 5.87. The molecule has 0 bridgehead atoms. The molecule has 1 aliphatic carbocycles. The lowest BCUT2D eigenvalue weighted by atomic mass is 10.1. The molecule has 4 nitrogen and oxygen atoms in total. The van der Waals surface area contributed by atoms with Gasteiger partial charge in [-0.2, -0.15) is 0 Å². The molecule has 0 aromatic heterocycles. The van der Waals surface area contributed by atoms with Crippen LogP contribution in [0.25, 0.3) is 0 Å². The lowest BCUT2D eigenvalue weighted by molar-refractivity contribution is 0.246. The lowest BCUT2D eigenvalue weighted by Crippen LogP contribution is -2.39. The van der Waals surface area contributed by atoms with Gasteiger partial charge in [0.1, 0.15) is 0 Å². The molecule has 2 unspecified atom stereocenters. The molecule has 4 N–H and O–H groups in total. The zero-order chi connectivity index (χ0) is 13.0. The van der Waals surface area contributed by atoms with E-state index in [-0.39, 0.29) is 6.03 Å². The number of carbonyl (C=O) groups excluding carboxylic acids is 1. The second-order valence-corrected chi connectivity index (χ2v) is 5.01. The average molecular weight is 247 g/mol. The summed E-state index contributed by atoms with van der Waals surface area (Å²) < 4.78 is 0. The minimum absolute atomic E-state index is 0.116. The van der Waals surface area contributed by atoms with Gasteiger partial charge >= 0.3 is 6.03 Å². The molecule has 0 aliphatic heterocycles. The first-order chi connectivity index (χ1) is 8.69. The minimum Gasteiger partial charge on any atom is -0.335 e. The topological polar surface area (TPSA) is 67.2 Å². The SMILES string of the molecule is CC1CCCC1NC(=O)Nc1ccc(CN)cc1. The number of urea groups is 1. The highest BCUT2D eigenvalue weighted by Crippen LogP contribution is 2.24. The molecule has 1 aliphatic rings. The highest BCUT2D eigenvalue weighted by atomic mass is 16.2. The maximum atomic E-state index is 11.8. The predicted octanol–water partition coefficient (Wildman–Crippen LogP) is 2.46. The Kier molecular flexibility index (Phi) is 4.20. The molecule has 98 valence electrons. The first-order valence-corrected chi connectivity index (χ1v) is 6.55. The normalized spacial score (nSPS) is 22.8. The van der Waals surface area contributed by atoms with E-state index in [0.29, 0.717) is 18.5 Å². The molecule has 1 aromatic rings. The summed E-state index contributed by atoms with van der Waals surface area (Å²) in [6.45, 7) is 2.71. The van der Waals surface area contributed by atoms with Gasteiger partial charge in [-0.3, -0.25) is 0 Å². The maximum absolute atomic E-state index is 11.8. The summed E-state index contributed by atoms with van der Waals surface area (Å²) in [6, 6.07) is 7.80. The van der Waals surface area contributed by atoms with E-state index in [1.165, 1.54) is 12.8 Å². The standard InChI is InChI=1S/C14H21N3O/c1-10-3-2-4-13(10)17-14(18)16-12-7-5-11(9-15)6-8-12/h5-8,10,13H,2-4,9,15H2,1H3,(H2,16,17,18). The average Bonchev–Trinajstić information content (AvgIpc) is 2.76. The van der Waals surface area contributed by atoms with Crippen LogP contribution in [0, 0.1) is 5.92 Å². The highest BCUT2D eigenvalue weighted by molar-refractivity contribution is 5.89. The Morgan fingerprint density at radius 2 is 2.06 bits per heavy atom. The third-order valence-corrected chi connectivity index (χ3v) is 3.63. The lowest BCUT2D eigenvalue weighted by Gasteiger charge is -2.17. The fraction of sp³-hybridized carbons (Fsp3) is 0.500. The van der Waals surface area contributed by atoms with Gasteiger partial charge in [0.05, 0.1) is 0 Å². The van der Waals surface area contributed by atoms with Crippen LogP contribution in [0.1, 0.15) is 31.7 Å². The van der Waals surface area contributed by atoms with Gasteiger partial charge in [0, 0.05) is 18.3 Å². The number of nitrogens with one attached hydrogen (secondary N) is 2. The predicted molar refractivity (Wildman–Crippen MR) is 73.3 cm³/mol. The smallest absolute Gasteiger partial charge is 0.319 e. The van der Waals surface area contributed by atoms with Crippen molar-refractivity contribution < 1.29 is 4.79 Å². The van der Waals surface area contributed by atoms with E-state index in [1.807, 2.05) is 24.3 Å². The number of hydrogen-bond donors (Lipinski definition) is 3. The first kappa shape index (κ1) is 12.9. The zero-order valence-corrected chi connectivity index (χ0v) is 10.8. The van der Waals surface area contributed by atoms with Crippen molar-refractivity contribution >= 4 is 11.7 Å². The van der Waals surface area contributed by atoms with Gasteiger partial charge in [0.2, 0.25) is 0 Å². The van der Waals surface area contributed by atoms with Crippen LogP contribution in [0.2, 0.25) is 0 Å². The van der Waals surface area contributed by atoms with Gasteiger partial charge in [-0.05, 0) is 36.5 Å². The van der Waals surface area contributed by atoms with Crippen molar-refractivity contribution in [1.82, 2.24) is 5.32 Å². The molecular weight excluding hydrogens is 226 g/mol. The molecule has 18 heavy (non-hydrogen) atoms. The minimum atomic E-state index is -0.116. The van der Waals surface area contributed by atoms with E-state index in [0.717, 1.165) is 17.7 Å². The molecule has 2 rings (SSSR count). The summed E-state index contributed by atoms with van der Waals surface area (Å²) in [5.74, 6) is 0.579. The van der Waals surface area contributed by atoms with Crippen LogP contribution in [-0.4, -0.2) is 12.1 Å². The Labute approximate surface area is 108 Å². The van der Waals surface area contributed by atoms with Gasteiger partial charge in [-0.25, -0.2) is 4.79 Å². The van der Waals surface area contributed by atoms with Crippen LogP contribution < -0.4 is 16.4 Å². The van der Waals surface area contributed by atoms with E-state index in [4.69, 9.17) is 5.73 Å². The third kappa shape index (κ3) is 3.23. The molecule has 1 saturated carbocycles. The fourth-order valence-corrected chi connectivity index (χ4v) is 2.42. The number of anilines is 1. The van der Waals surface area contributed by atoms with Gasteiger partial charge < -0.3 is 16.4 Å². The third-order valence-electron chi connectivity index (χ3n) is 3.63. The molecule has 0 saturated heterocycles. The van der Waals surface area contributed by atoms with Crippen molar-refractivity contribution in [3.8, 4) is 0 Å². The fourth-order valence-electron chi connectivity index (χ4n) is 2.42. The Bertz CT molecular complexity index is 402. The number of hydrogen-bond acceptors (Lipinski definition) is 2. The maximum Gasteiger partial charge on any atom is 0.319 e. The van der Waals surface area contributed by atoms with Crippen molar-refractivity contribution in [2.75, 3.05) is 5.32 Å². The summed E-state index contributed by atoms with van der Waals surface area (Å²) >= 11 is 0. The van der Waals surface area contributed by atoms with E-state index < -0.39 is 0 Å². The molecule has 2 amide bonds. The monoisotopic (exact) mass is 247 g/mol. The van der Waals surface area contributed by atoms with E-state index in [1.54, 1.807) is 0 Å². The van der Waals surface area contributed by atoms with Crippen molar-refractivity contribution in [3.63, 3.8) is 0 Å². The summed E-state index contributed by atoms with van der Waals surface area (Å²) in [6.07, 6.45) is 3.49. The molecule has 4 heteroatoms. The Balaban J connectivity index is 1.86. The van der Waals surface area contributed by atoms with Crippen molar-refractivity contribution in [1.29, 1.82) is 0 Å². The Hall–Kier alpha value is -1.55. The van der Waals surface area contributed by atoms with Crippen LogP contribution in [-0.2, 0) is 6.54 Å². The molecule has 0 radical (unpaired) electrons. The summed E-state index contributed by atoms with van der Waals surface area (Å²) in [7, 11) is 0. The molecule has 1 fully saturated rings. The number of rotatable bonds is 3. The van der Waals surface area contributed by atoms with Crippen LogP contribution >= 0.6 is 0 Å². The van der Waals surface area contributed by atoms with Crippen molar-refractivity contribution in [2.24, 2.45) is 11.7 Å². The molecule has 0 spiro atoms. The largest absolute Gasteiger partial charge is 0.335 e. The highest BCUT2D eigenvalue weighted by Gasteiger charge is 2.24. The van der Waals surface area contributed by atoms with E-state index in [9.17, 15) is 4.79 Å². The van der Waals surface area contributed by atoms with Crippen LogP contribution in [0.5, 0.6) is 0 Å². The number of amides is 2. The van der Waals surface area contributed by atoms with Crippen LogP contribution in [0.3, 0.4) is 0 Å². The van der Waals surface area contributed by atoms with E-state index >= 15 is 0 Å². The number of carbonyl (C=O) groups is 1. The Morgan fingerprint density at radius 1 is 1.33 bits per heavy atom. The van der Waals surface area contributed by atoms with E-state index in [2.05, 4.69) is 17.6 Å². The summed E-state index contributed by atoms with van der Waals surface area (Å²) in [5, 5.41) is 5.88.